The molecule has 0 saturated carbocycles. The maximum Gasteiger partial charge on any atom is 0.277 e. The number of β-amino-alcohol motifs (C(OH)–C–C–N with tert-alkyl or cyclic N) is 1. The van der Waals surface area contributed by atoms with Crippen LogP contribution in [-0.4, -0.2) is 35.6 Å². The van der Waals surface area contributed by atoms with Crippen LogP contribution in [0.4, 0.5) is 17.1 Å². The molecule has 0 saturated heterocycles. The summed E-state index contributed by atoms with van der Waals surface area (Å²) in [6, 6.07) is 0. The minimum absolute atomic E-state index is 0.0127. The quantitative estimate of drug-likeness (QED) is 0.651. The predicted octanol–water partition coefficient (Wildman–Crippen LogP) is 2.55. The van der Waals surface area contributed by atoms with Crippen LogP contribution >= 0.6 is 0 Å². The Morgan fingerprint density at radius 2 is 1.96 bits per heavy atom. The Labute approximate surface area is 141 Å². The molecule has 0 bridgehead atoms. The number of fused-ring (bicyclic) bond motifs is 1. The number of amides is 1. The van der Waals surface area contributed by atoms with Crippen molar-refractivity contribution >= 4 is 23.0 Å². The normalized spacial score (nSPS) is 13.8. The number of nitro groups is 1. The molecule has 1 aromatic rings. The van der Waals surface area contributed by atoms with Crippen molar-refractivity contribution in [2.24, 2.45) is 5.41 Å². The number of aliphatic hydroxyl groups excluding tert-OH is 1. The van der Waals surface area contributed by atoms with Crippen molar-refractivity contribution in [3.05, 3.63) is 26.8 Å². The summed E-state index contributed by atoms with van der Waals surface area (Å²) in [6.07, 6.45) is 0.667. The third-order valence-electron chi connectivity index (χ3n) is 4.48. The molecule has 7 nitrogen and oxygen atoms in total. The Balaban J connectivity index is 2.67. The predicted molar refractivity (Wildman–Crippen MR) is 93.7 cm³/mol. The Morgan fingerprint density at radius 1 is 1.33 bits per heavy atom. The molecule has 1 aliphatic heterocycles. The Bertz CT molecular complexity index is 692. The molecular weight excluding hydrogens is 310 g/mol. The molecule has 1 aromatic carbocycles. The molecule has 1 heterocycles. The van der Waals surface area contributed by atoms with E-state index in [9.17, 15) is 20.0 Å². The van der Waals surface area contributed by atoms with Crippen LogP contribution in [0.3, 0.4) is 0 Å². The van der Waals surface area contributed by atoms with Gasteiger partial charge in [0, 0.05) is 24.1 Å². The van der Waals surface area contributed by atoms with Crippen molar-refractivity contribution < 1.29 is 14.8 Å². The second kappa shape index (κ2) is 6.39. The van der Waals surface area contributed by atoms with Crippen molar-refractivity contribution in [1.29, 1.82) is 0 Å². The lowest BCUT2D eigenvalue weighted by Crippen LogP contribution is -2.30. The number of nitrogens with one attached hydrogen (secondary N) is 1. The van der Waals surface area contributed by atoms with Crippen LogP contribution in [0.1, 0.15) is 37.5 Å². The summed E-state index contributed by atoms with van der Waals surface area (Å²) in [4.78, 5) is 25.6. The average Bonchev–Trinajstić information content (AvgIpc) is 2.86. The molecule has 0 fully saturated rings. The molecule has 24 heavy (non-hydrogen) atoms. The fourth-order valence-corrected chi connectivity index (χ4v) is 3.13. The lowest BCUT2D eigenvalue weighted by atomic mass is 9.93. The van der Waals surface area contributed by atoms with Gasteiger partial charge in [0.25, 0.3) is 5.69 Å². The van der Waals surface area contributed by atoms with Gasteiger partial charge in [0.05, 0.1) is 28.5 Å². The first-order chi connectivity index (χ1) is 11.1. The van der Waals surface area contributed by atoms with Gasteiger partial charge in [-0.1, -0.05) is 20.8 Å². The van der Waals surface area contributed by atoms with E-state index in [0.717, 1.165) is 11.3 Å². The van der Waals surface area contributed by atoms with Gasteiger partial charge >= 0.3 is 0 Å². The number of aliphatic hydroxyl groups is 1. The first kappa shape index (κ1) is 18.2. The SMILES string of the molecule is Cc1c2c(c(NC(=O)C(C)(C)C)c(C)c1[N+](=O)[O-])N(CCO)CC2. The van der Waals surface area contributed by atoms with Crippen LogP contribution < -0.4 is 10.2 Å². The summed E-state index contributed by atoms with van der Waals surface area (Å²) in [6.45, 7) is 9.91. The number of rotatable bonds is 4. The number of hydrogen-bond acceptors (Lipinski definition) is 5. The van der Waals surface area contributed by atoms with E-state index in [-0.39, 0.29) is 23.1 Å². The molecule has 7 heteroatoms. The summed E-state index contributed by atoms with van der Waals surface area (Å²) in [7, 11) is 0. The van der Waals surface area contributed by atoms with Gasteiger partial charge in [0.2, 0.25) is 5.91 Å². The van der Waals surface area contributed by atoms with Crippen LogP contribution in [0.25, 0.3) is 0 Å². The summed E-state index contributed by atoms with van der Waals surface area (Å²) >= 11 is 0. The zero-order chi connectivity index (χ0) is 18.2. The highest BCUT2D eigenvalue weighted by Crippen LogP contribution is 2.45. The number of benzene rings is 1. The lowest BCUT2D eigenvalue weighted by molar-refractivity contribution is -0.386. The van der Waals surface area contributed by atoms with Crippen molar-refractivity contribution in [2.45, 2.75) is 41.0 Å². The van der Waals surface area contributed by atoms with E-state index in [1.165, 1.54) is 0 Å². The molecule has 0 aliphatic carbocycles. The molecular formula is C17H25N3O4. The van der Waals surface area contributed by atoms with E-state index in [1.807, 2.05) is 4.90 Å². The van der Waals surface area contributed by atoms with E-state index in [1.54, 1.807) is 34.6 Å². The summed E-state index contributed by atoms with van der Waals surface area (Å²) in [5, 5.41) is 23.7. The molecule has 1 aliphatic rings. The molecule has 0 unspecified atom stereocenters. The Hall–Kier alpha value is -2.15. The number of nitro benzene ring substituents is 1. The van der Waals surface area contributed by atoms with E-state index < -0.39 is 5.41 Å². The van der Waals surface area contributed by atoms with E-state index in [4.69, 9.17) is 0 Å². The molecule has 0 atom stereocenters. The third kappa shape index (κ3) is 3.08. The first-order valence-corrected chi connectivity index (χ1v) is 8.07. The standard InChI is InChI=1S/C17H25N3O4/c1-10-12-6-7-19(8-9-21)15(12)13(11(2)14(10)20(23)24)18-16(22)17(3,4)5/h21H,6-9H2,1-5H3,(H,18,22). The van der Waals surface area contributed by atoms with Gasteiger partial charge in [0.15, 0.2) is 0 Å². The molecule has 2 rings (SSSR count). The van der Waals surface area contributed by atoms with Gasteiger partial charge < -0.3 is 15.3 Å². The lowest BCUT2D eigenvalue weighted by Gasteiger charge is -2.26. The average molecular weight is 335 g/mol. The second-order valence-corrected chi connectivity index (χ2v) is 7.22. The first-order valence-electron chi connectivity index (χ1n) is 8.07. The Morgan fingerprint density at radius 3 is 2.46 bits per heavy atom. The fourth-order valence-electron chi connectivity index (χ4n) is 3.13. The molecule has 1 amide bonds. The van der Waals surface area contributed by atoms with Crippen molar-refractivity contribution in [2.75, 3.05) is 29.9 Å². The number of hydrogen-bond donors (Lipinski definition) is 2. The maximum atomic E-state index is 12.5. The minimum atomic E-state index is -0.612. The van der Waals surface area contributed by atoms with Gasteiger partial charge in [-0.25, -0.2) is 0 Å². The number of carbonyl (C=O) groups is 1. The van der Waals surface area contributed by atoms with Crippen molar-refractivity contribution in [3.63, 3.8) is 0 Å². The van der Waals surface area contributed by atoms with E-state index >= 15 is 0 Å². The number of nitrogens with zero attached hydrogens (tertiary/aromatic N) is 2. The molecule has 2 N–H and O–H groups in total. The summed E-state index contributed by atoms with van der Waals surface area (Å²) in [5.74, 6) is -0.193. The monoisotopic (exact) mass is 335 g/mol. The molecule has 0 spiro atoms. The third-order valence-corrected chi connectivity index (χ3v) is 4.48. The smallest absolute Gasteiger partial charge is 0.277 e. The zero-order valence-corrected chi connectivity index (χ0v) is 14.9. The molecule has 0 radical (unpaired) electrons. The van der Waals surface area contributed by atoms with Gasteiger partial charge in [-0.15, -0.1) is 0 Å². The van der Waals surface area contributed by atoms with Crippen LogP contribution in [0.5, 0.6) is 0 Å². The Kier molecular flexibility index (Phi) is 4.85. The van der Waals surface area contributed by atoms with Crippen molar-refractivity contribution in [1.82, 2.24) is 0 Å². The van der Waals surface area contributed by atoms with Gasteiger partial charge in [0.1, 0.15) is 0 Å². The fraction of sp³-hybridized carbons (Fsp3) is 0.588. The van der Waals surface area contributed by atoms with E-state index in [0.29, 0.717) is 36.3 Å². The van der Waals surface area contributed by atoms with Crippen LogP contribution in [-0.2, 0) is 11.2 Å². The van der Waals surface area contributed by atoms with Gasteiger partial charge in [-0.3, -0.25) is 14.9 Å². The number of anilines is 2. The maximum absolute atomic E-state index is 12.5. The topological polar surface area (TPSA) is 95.7 Å². The highest BCUT2D eigenvalue weighted by Gasteiger charge is 2.34. The summed E-state index contributed by atoms with van der Waals surface area (Å²) in [5.41, 5.74) is 2.73. The summed E-state index contributed by atoms with van der Waals surface area (Å²) < 4.78 is 0. The highest BCUT2D eigenvalue weighted by atomic mass is 16.6. The largest absolute Gasteiger partial charge is 0.395 e. The zero-order valence-electron chi connectivity index (χ0n) is 14.9. The van der Waals surface area contributed by atoms with Crippen molar-refractivity contribution in [3.8, 4) is 0 Å². The second-order valence-electron chi connectivity index (χ2n) is 7.22. The molecule has 0 aromatic heterocycles. The van der Waals surface area contributed by atoms with Crippen LogP contribution in [0, 0.1) is 29.4 Å². The highest BCUT2D eigenvalue weighted by molar-refractivity contribution is 6.00. The molecule has 132 valence electrons. The van der Waals surface area contributed by atoms with Crippen LogP contribution in [0.15, 0.2) is 0 Å². The van der Waals surface area contributed by atoms with Crippen LogP contribution in [0.2, 0.25) is 0 Å². The van der Waals surface area contributed by atoms with Gasteiger partial charge in [-0.05, 0) is 25.8 Å². The number of carbonyl (C=O) groups excluding carboxylic acids is 1. The van der Waals surface area contributed by atoms with Gasteiger partial charge in [-0.2, -0.15) is 0 Å². The minimum Gasteiger partial charge on any atom is -0.395 e. The van der Waals surface area contributed by atoms with E-state index in [2.05, 4.69) is 5.32 Å².